The molecule has 9 nitrogen and oxygen atoms in total. The second-order valence-electron chi connectivity index (χ2n) is 10.1. The molecule has 0 radical (unpaired) electrons. The third-order valence-corrected chi connectivity index (χ3v) is 6.20. The van der Waals surface area contributed by atoms with Gasteiger partial charge in [-0.05, 0) is 65.2 Å². The van der Waals surface area contributed by atoms with Gasteiger partial charge in [-0.15, -0.1) is 0 Å². The van der Waals surface area contributed by atoms with E-state index >= 15 is 4.39 Å². The van der Waals surface area contributed by atoms with Crippen molar-refractivity contribution < 1.29 is 23.4 Å². The van der Waals surface area contributed by atoms with Crippen LogP contribution < -0.4 is 20.1 Å². The maximum atomic E-state index is 15.7. The number of carbonyl (C=O) groups excluding carboxylic acids is 1. The minimum absolute atomic E-state index is 0.0106. The van der Waals surface area contributed by atoms with Crippen molar-refractivity contribution in [2.24, 2.45) is 0 Å². The van der Waals surface area contributed by atoms with Gasteiger partial charge in [-0.3, -0.25) is 0 Å². The third kappa shape index (κ3) is 4.98. The number of pyridine rings is 1. The van der Waals surface area contributed by atoms with Gasteiger partial charge in [-0.25, -0.2) is 24.1 Å². The number of carbonyl (C=O) groups is 1. The van der Waals surface area contributed by atoms with E-state index in [0.29, 0.717) is 58.5 Å². The molecule has 2 aromatic heterocycles. The molecule has 1 aliphatic heterocycles. The molecule has 0 bridgehead atoms. The number of halogens is 1. The Labute approximate surface area is 208 Å². The Hall–Kier alpha value is -3.69. The number of alkyl carbamates (subject to hydrolysis) is 1. The van der Waals surface area contributed by atoms with Gasteiger partial charge in [-0.2, -0.15) is 0 Å². The summed E-state index contributed by atoms with van der Waals surface area (Å²) in [5.74, 6) is 0.825. The summed E-state index contributed by atoms with van der Waals surface area (Å²) >= 11 is 0. The fourth-order valence-electron chi connectivity index (χ4n) is 4.70. The number of rotatable bonds is 4. The molecule has 2 atom stereocenters. The monoisotopic (exact) mass is 495 g/mol. The van der Waals surface area contributed by atoms with E-state index in [1.807, 2.05) is 20.8 Å². The summed E-state index contributed by atoms with van der Waals surface area (Å²) in [5, 5.41) is 6.64. The first-order valence-corrected chi connectivity index (χ1v) is 12.2. The van der Waals surface area contributed by atoms with Crippen molar-refractivity contribution >= 4 is 22.9 Å². The van der Waals surface area contributed by atoms with Crippen LogP contribution in [0.25, 0.3) is 22.0 Å². The van der Waals surface area contributed by atoms with Crippen LogP contribution in [-0.4, -0.2) is 51.9 Å². The predicted octanol–water partition coefficient (Wildman–Crippen LogP) is 4.77. The number of amides is 1. The quantitative estimate of drug-likeness (QED) is 0.533. The minimum atomic E-state index is -0.538. The van der Waals surface area contributed by atoms with Crippen molar-refractivity contribution in [2.45, 2.75) is 64.6 Å². The van der Waals surface area contributed by atoms with Crippen molar-refractivity contribution in [3.63, 3.8) is 0 Å². The zero-order chi connectivity index (χ0) is 25.4. The molecule has 1 fully saturated rings. The van der Waals surface area contributed by atoms with Crippen molar-refractivity contribution in [1.29, 1.82) is 0 Å². The standard InChI is InChI=1S/C26H30FN5O4/c1-14-20-19(8-7-17(21(20)27)18-9-10-28-23-22(18)34-11-12-35-23)32-24(29-14)30-15-5-6-16(13-15)31-25(33)36-26(2,3)4/h7-10,15-16H,5-6,11-13H2,1-4H3,(H,31,33)(H,29,30,32)/t15-,16+/m1/s1. The molecule has 0 spiro atoms. The third-order valence-electron chi connectivity index (χ3n) is 6.20. The number of fused-ring (bicyclic) bond motifs is 2. The molecule has 0 unspecified atom stereocenters. The molecule has 3 aromatic rings. The first-order chi connectivity index (χ1) is 17.2. The molecule has 1 amide bonds. The highest BCUT2D eigenvalue weighted by atomic mass is 19.1. The van der Waals surface area contributed by atoms with Crippen LogP contribution in [0.15, 0.2) is 24.4 Å². The summed E-state index contributed by atoms with van der Waals surface area (Å²) in [7, 11) is 0. The second-order valence-corrected chi connectivity index (χ2v) is 10.1. The van der Waals surface area contributed by atoms with Gasteiger partial charge in [-0.1, -0.05) is 0 Å². The molecule has 1 aliphatic carbocycles. The number of benzene rings is 1. The smallest absolute Gasteiger partial charge is 0.407 e. The van der Waals surface area contributed by atoms with Gasteiger partial charge in [0.2, 0.25) is 5.95 Å². The van der Waals surface area contributed by atoms with Crippen LogP contribution in [0.4, 0.5) is 15.1 Å². The molecule has 0 saturated heterocycles. The normalized spacial score (nSPS) is 19.2. The topological polar surface area (TPSA) is 107 Å². The Morgan fingerprint density at radius 1 is 1.08 bits per heavy atom. The molecule has 190 valence electrons. The Balaban J connectivity index is 1.34. The van der Waals surface area contributed by atoms with Crippen LogP contribution >= 0.6 is 0 Å². The highest BCUT2D eigenvalue weighted by molar-refractivity contribution is 5.89. The Morgan fingerprint density at radius 3 is 2.67 bits per heavy atom. The molecular weight excluding hydrogens is 465 g/mol. The first-order valence-electron chi connectivity index (χ1n) is 12.2. The molecule has 10 heteroatoms. The molecule has 2 N–H and O–H groups in total. The molecule has 1 aromatic carbocycles. The van der Waals surface area contributed by atoms with Crippen LogP contribution in [0.3, 0.4) is 0 Å². The van der Waals surface area contributed by atoms with E-state index in [1.165, 1.54) is 0 Å². The number of nitrogens with one attached hydrogen (secondary N) is 2. The number of hydrogen-bond donors (Lipinski definition) is 2. The lowest BCUT2D eigenvalue weighted by molar-refractivity contribution is 0.0505. The molecule has 36 heavy (non-hydrogen) atoms. The fraction of sp³-hybridized carbons (Fsp3) is 0.462. The number of aromatic nitrogens is 3. The summed E-state index contributed by atoms with van der Waals surface area (Å²) < 4.78 is 32.4. The Morgan fingerprint density at radius 2 is 1.86 bits per heavy atom. The number of anilines is 1. The lowest BCUT2D eigenvalue weighted by Gasteiger charge is -2.22. The number of aryl methyl sites for hydroxylation is 1. The van der Waals surface area contributed by atoms with E-state index in [2.05, 4.69) is 25.6 Å². The van der Waals surface area contributed by atoms with Crippen molar-refractivity contribution in [3.8, 4) is 22.8 Å². The van der Waals surface area contributed by atoms with E-state index in [4.69, 9.17) is 14.2 Å². The lowest BCUT2D eigenvalue weighted by Crippen LogP contribution is -2.38. The summed E-state index contributed by atoms with van der Waals surface area (Å²) in [6.45, 7) is 8.07. The van der Waals surface area contributed by atoms with Gasteiger partial charge in [0, 0.05) is 29.4 Å². The average molecular weight is 496 g/mol. The van der Waals surface area contributed by atoms with Gasteiger partial charge < -0.3 is 24.8 Å². The fourth-order valence-corrected chi connectivity index (χ4v) is 4.70. The van der Waals surface area contributed by atoms with Crippen LogP contribution in [0.5, 0.6) is 11.6 Å². The molecule has 2 aliphatic rings. The van der Waals surface area contributed by atoms with E-state index in [1.54, 1.807) is 31.3 Å². The molecule has 1 saturated carbocycles. The zero-order valence-electron chi connectivity index (χ0n) is 20.9. The highest BCUT2D eigenvalue weighted by Crippen LogP contribution is 2.40. The number of hydrogen-bond acceptors (Lipinski definition) is 8. The van der Waals surface area contributed by atoms with E-state index < -0.39 is 17.5 Å². The van der Waals surface area contributed by atoms with Gasteiger partial charge in [0.15, 0.2) is 5.75 Å². The van der Waals surface area contributed by atoms with Crippen molar-refractivity contribution in [2.75, 3.05) is 18.5 Å². The Bertz CT molecular complexity index is 1310. The maximum absolute atomic E-state index is 15.7. The zero-order valence-corrected chi connectivity index (χ0v) is 20.9. The van der Waals surface area contributed by atoms with Crippen LogP contribution in [0.2, 0.25) is 0 Å². The lowest BCUT2D eigenvalue weighted by atomic mass is 10.0. The first kappa shape index (κ1) is 24.0. The van der Waals surface area contributed by atoms with E-state index in [9.17, 15) is 4.79 Å². The SMILES string of the molecule is Cc1nc(N[C@@H]2CC[C@H](NC(=O)OC(C)(C)C)C2)nc2ccc(-c3ccnc4c3OCCO4)c(F)c12. The summed E-state index contributed by atoms with van der Waals surface area (Å²) in [6.07, 6.45) is 3.56. The second kappa shape index (κ2) is 9.40. The van der Waals surface area contributed by atoms with Gasteiger partial charge >= 0.3 is 6.09 Å². The number of nitrogens with zero attached hydrogens (tertiary/aromatic N) is 3. The molecule has 3 heterocycles. The predicted molar refractivity (Wildman–Crippen MR) is 133 cm³/mol. The van der Waals surface area contributed by atoms with E-state index in [-0.39, 0.29) is 12.1 Å². The van der Waals surface area contributed by atoms with Crippen LogP contribution in [0.1, 0.15) is 45.7 Å². The summed E-state index contributed by atoms with van der Waals surface area (Å²) in [4.78, 5) is 25.4. The largest absolute Gasteiger partial charge is 0.484 e. The maximum Gasteiger partial charge on any atom is 0.407 e. The van der Waals surface area contributed by atoms with Crippen LogP contribution in [-0.2, 0) is 4.74 Å². The summed E-state index contributed by atoms with van der Waals surface area (Å²) in [5.41, 5.74) is 1.46. The molecule has 5 rings (SSSR count). The van der Waals surface area contributed by atoms with Crippen molar-refractivity contribution in [3.05, 3.63) is 35.9 Å². The molecular formula is C26H30FN5O4. The van der Waals surface area contributed by atoms with Gasteiger partial charge in [0.25, 0.3) is 5.88 Å². The van der Waals surface area contributed by atoms with Crippen LogP contribution in [0, 0.1) is 12.7 Å². The van der Waals surface area contributed by atoms with Gasteiger partial charge in [0.1, 0.15) is 24.6 Å². The summed E-state index contributed by atoms with van der Waals surface area (Å²) in [6, 6.07) is 5.29. The average Bonchev–Trinajstić information content (AvgIpc) is 3.24. The van der Waals surface area contributed by atoms with E-state index in [0.717, 1.165) is 19.3 Å². The van der Waals surface area contributed by atoms with Crippen molar-refractivity contribution in [1.82, 2.24) is 20.3 Å². The highest BCUT2D eigenvalue weighted by Gasteiger charge is 2.29. The minimum Gasteiger partial charge on any atom is -0.484 e. The van der Waals surface area contributed by atoms with Gasteiger partial charge in [0.05, 0.1) is 16.6 Å². The Kier molecular flexibility index (Phi) is 6.27. The number of ether oxygens (including phenoxy) is 3.